The topological polar surface area (TPSA) is 121 Å². The Hall–Kier alpha value is -2.96. The molecule has 0 atom stereocenters. The molecule has 1 N–H and O–H groups in total. The van der Waals surface area contributed by atoms with Gasteiger partial charge in [0.1, 0.15) is 30.5 Å². The zero-order valence-electron chi connectivity index (χ0n) is 17.2. The predicted octanol–water partition coefficient (Wildman–Crippen LogP) is 3.53. The maximum Gasteiger partial charge on any atom is 0.283 e. The quantitative estimate of drug-likeness (QED) is 0.333. The molecule has 33 heavy (non-hydrogen) atoms. The average molecular weight is 549 g/mol. The summed E-state index contributed by atoms with van der Waals surface area (Å²) in [7, 11) is -3.70. The molecule has 0 bridgehead atoms. The summed E-state index contributed by atoms with van der Waals surface area (Å²) in [4.78, 5) is 17.4. The van der Waals surface area contributed by atoms with Gasteiger partial charge < -0.3 is 9.47 Å². The van der Waals surface area contributed by atoms with E-state index in [1.54, 1.807) is 18.2 Å². The second-order valence-corrected chi connectivity index (χ2v) is 10.4. The SMILES string of the molecule is CS(=O)(=O)C1=NSC2=NC(=O)/C(=C\c3ccc(OCCOc4ccccc4)c(Br)c3)C(=N)N21. The number of halogens is 1. The molecule has 2 aromatic carbocycles. The first kappa shape index (κ1) is 23.2. The van der Waals surface area contributed by atoms with Crippen LogP contribution in [-0.4, -0.2) is 54.9 Å². The first-order valence-electron chi connectivity index (χ1n) is 9.53. The van der Waals surface area contributed by atoms with Crippen LogP contribution in [0.2, 0.25) is 0 Å². The number of fused-ring (bicyclic) bond motifs is 1. The number of rotatable bonds is 6. The highest BCUT2D eigenvalue weighted by Crippen LogP contribution is 2.31. The maximum atomic E-state index is 12.5. The van der Waals surface area contributed by atoms with Gasteiger partial charge in [-0.05, 0) is 51.8 Å². The fourth-order valence-corrected chi connectivity index (χ4v) is 5.31. The molecule has 0 radical (unpaired) electrons. The number of benzene rings is 2. The van der Waals surface area contributed by atoms with Crippen molar-refractivity contribution in [2.45, 2.75) is 0 Å². The number of hydrogen-bond acceptors (Lipinski definition) is 8. The normalized spacial score (nSPS) is 17.0. The van der Waals surface area contributed by atoms with Crippen LogP contribution >= 0.6 is 27.9 Å². The number of sulfone groups is 1. The number of amides is 1. The Kier molecular flexibility index (Phi) is 6.68. The molecule has 2 aromatic rings. The molecule has 4 rings (SSSR count). The molecule has 9 nitrogen and oxygen atoms in total. The van der Waals surface area contributed by atoms with E-state index in [9.17, 15) is 13.2 Å². The lowest BCUT2D eigenvalue weighted by molar-refractivity contribution is -0.114. The predicted molar refractivity (Wildman–Crippen MR) is 131 cm³/mol. The zero-order chi connectivity index (χ0) is 23.6. The van der Waals surface area contributed by atoms with Crippen LogP contribution in [-0.2, 0) is 14.6 Å². The maximum absolute atomic E-state index is 12.5. The van der Waals surface area contributed by atoms with Crippen LogP contribution in [0.25, 0.3) is 6.08 Å². The molecule has 0 aliphatic carbocycles. The van der Waals surface area contributed by atoms with Gasteiger partial charge in [0.25, 0.3) is 5.91 Å². The van der Waals surface area contributed by atoms with E-state index in [4.69, 9.17) is 14.9 Å². The molecular formula is C21H17BrN4O5S2. The van der Waals surface area contributed by atoms with Crippen molar-refractivity contribution < 1.29 is 22.7 Å². The third-order valence-electron chi connectivity index (χ3n) is 4.45. The molecule has 0 aromatic heterocycles. The molecule has 0 saturated carbocycles. The average Bonchev–Trinajstić information content (AvgIpc) is 3.20. The lowest BCUT2D eigenvalue weighted by atomic mass is 10.1. The van der Waals surface area contributed by atoms with Crippen molar-refractivity contribution in [1.29, 1.82) is 5.41 Å². The van der Waals surface area contributed by atoms with E-state index < -0.39 is 15.7 Å². The molecule has 2 aliphatic rings. The molecule has 170 valence electrons. The highest BCUT2D eigenvalue weighted by molar-refractivity contribution is 9.10. The number of amidine groups is 3. The second kappa shape index (κ2) is 9.49. The summed E-state index contributed by atoms with van der Waals surface area (Å²) in [5.74, 6) is 0.404. The first-order valence-corrected chi connectivity index (χ1v) is 13.0. The van der Waals surface area contributed by atoms with Gasteiger partial charge in [-0.2, -0.15) is 9.39 Å². The van der Waals surface area contributed by atoms with E-state index in [1.165, 1.54) is 6.08 Å². The standard InChI is InChI=1S/C21H17BrN4O5S2/c1-33(28,29)21-25-32-20-24-19(27)15(18(23)26(20)21)11-13-7-8-17(16(22)12-13)31-10-9-30-14-5-3-2-4-6-14/h2-8,11-12,23H,9-10H2,1H3/b15-11-,23-18?. The van der Waals surface area contributed by atoms with Crippen LogP contribution in [0.1, 0.15) is 5.56 Å². The fraction of sp³-hybridized carbons (Fsp3) is 0.143. The van der Waals surface area contributed by atoms with Crippen molar-refractivity contribution >= 4 is 65.9 Å². The van der Waals surface area contributed by atoms with Crippen LogP contribution in [0.15, 0.2) is 68.0 Å². The van der Waals surface area contributed by atoms with Crippen molar-refractivity contribution in [1.82, 2.24) is 4.90 Å². The van der Waals surface area contributed by atoms with E-state index in [0.717, 1.165) is 28.9 Å². The molecule has 2 heterocycles. The number of nitrogens with one attached hydrogen (secondary N) is 1. The van der Waals surface area contributed by atoms with Gasteiger partial charge in [0.15, 0.2) is 0 Å². The van der Waals surface area contributed by atoms with Gasteiger partial charge in [-0.1, -0.05) is 24.3 Å². The van der Waals surface area contributed by atoms with Crippen LogP contribution < -0.4 is 9.47 Å². The van der Waals surface area contributed by atoms with Crippen LogP contribution in [0, 0.1) is 5.41 Å². The second-order valence-electron chi connectivity index (χ2n) is 6.88. The molecule has 2 aliphatic heterocycles. The number of nitrogens with zero attached hydrogens (tertiary/aromatic N) is 3. The summed E-state index contributed by atoms with van der Waals surface area (Å²) in [5, 5.41) is 8.11. The summed E-state index contributed by atoms with van der Waals surface area (Å²) in [6, 6.07) is 14.6. The summed E-state index contributed by atoms with van der Waals surface area (Å²) >= 11 is 4.20. The third-order valence-corrected chi connectivity index (χ3v) is 6.82. The van der Waals surface area contributed by atoms with Crippen molar-refractivity contribution in [3.8, 4) is 11.5 Å². The smallest absolute Gasteiger partial charge is 0.283 e. The van der Waals surface area contributed by atoms with Crippen LogP contribution in [0.4, 0.5) is 0 Å². The number of carbonyl (C=O) groups is 1. The summed E-state index contributed by atoms with van der Waals surface area (Å²) in [6.07, 6.45) is 2.46. The highest BCUT2D eigenvalue weighted by Gasteiger charge is 2.41. The van der Waals surface area contributed by atoms with Gasteiger partial charge >= 0.3 is 0 Å². The minimum atomic E-state index is -3.70. The molecule has 1 amide bonds. The Morgan fingerprint density at radius 1 is 1.15 bits per heavy atom. The van der Waals surface area contributed by atoms with Crippen molar-refractivity contribution in [3.05, 3.63) is 64.1 Å². The Morgan fingerprint density at radius 3 is 2.58 bits per heavy atom. The van der Waals surface area contributed by atoms with Crippen LogP contribution in [0.3, 0.4) is 0 Å². The Bertz CT molecular complexity index is 1320. The molecule has 0 saturated heterocycles. The van der Waals surface area contributed by atoms with Crippen molar-refractivity contribution in [2.75, 3.05) is 19.5 Å². The van der Waals surface area contributed by atoms with Crippen molar-refractivity contribution in [3.63, 3.8) is 0 Å². The lowest BCUT2D eigenvalue weighted by Crippen LogP contribution is -2.45. The Balaban J connectivity index is 1.46. The number of aliphatic imine (C=N–C) groups is 1. The highest BCUT2D eigenvalue weighted by atomic mass is 79.9. The minimum absolute atomic E-state index is 0.0465. The number of ether oxygens (including phenoxy) is 2. The Morgan fingerprint density at radius 2 is 1.88 bits per heavy atom. The number of para-hydroxylation sites is 1. The Labute approximate surface area is 202 Å². The molecule has 0 fully saturated rings. The minimum Gasteiger partial charge on any atom is -0.490 e. The zero-order valence-corrected chi connectivity index (χ0v) is 20.4. The van der Waals surface area contributed by atoms with Gasteiger partial charge in [0, 0.05) is 6.26 Å². The van der Waals surface area contributed by atoms with Crippen LogP contribution in [0.5, 0.6) is 11.5 Å². The van der Waals surface area contributed by atoms with Gasteiger partial charge in [0.2, 0.25) is 20.2 Å². The van der Waals surface area contributed by atoms with E-state index in [0.29, 0.717) is 29.0 Å². The fourth-order valence-electron chi connectivity index (χ4n) is 2.96. The first-order chi connectivity index (χ1) is 15.7. The largest absolute Gasteiger partial charge is 0.490 e. The molecule has 0 unspecified atom stereocenters. The summed E-state index contributed by atoms with van der Waals surface area (Å²) in [5.41, 5.74) is 0.556. The van der Waals surface area contributed by atoms with Gasteiger partial charge in [-0.25, -0.2) is 13.3 Å². The number of carbonyl (C=O) groups excluding carboxylic acids is 1. The van der Waals surface area contributed by atoms with Gasteiger partial charge in [-0.15, -0.1) is 0 Å². The molecular weight excluding hydrogens is 532 g/mol. The summed E-state index contributed by atoms with van der Waals surface area (Å²) < 4.78 is 39.8. The van der Waals surface area contributed by atoms with E-state index in [2.05, 4.69) is 25.3 Å². The van der Waals surface area contributed by atoms with E-state index in [1.807, 2.05) is 30.3 Å². The van der Waals surface area contributed by atoms with Gasteiger partial charge in [0.05, 0.1) is 22.0 Å². The van der Waals surface area contributed by atoms with E-state index in [-0.39, 0.29) is 21.7 Å². The monoisotopic (exact) mass is 548 g/mol. The lowest BCUT2D eigenvalue weighted by Gasteiger charge is -2.23. The molecule has 12 heteroatoms. The summed E-state index contributed by atoms with van der Waals surface area (Å²) in [6.45, 7) is 0.696. The third kappa shape index (κ3) is 5.18. The van der Waals surface area contributed by atoms with Gasteiger partial charge in [-0.3, -0.25) is 10.2 Å². The molecule has 0 spiro atoms. The van der Waals surface area contributed by atoms with Crippen molar-refractivity contribution in [2.24, 2.45) is 9.39 Å². The number of hydrogen-bond donors (Lipinski definition) is 1. The van der Waals surface area contributed by atoms with E-state index >= 15 is 0 Å².